The Morgan fingerprint density at radius 1 is 0.969 bits per heavy atom. The number of amides is 3. The number of likely N-dealkylation sites (N-methyl/N-ethyl adjacent to an activating group) is 1. The Hall–Kier alpha value is -3.31. The van der Waals surface area contributed by atoms with Crippen molar-refractivity contribution in [3.05, 3.63) is 35.2 Å². The van der Waals surface area contributed by atoms with Crippen LogP contribution < -0.4 is 0 Å². The molecule has 0 aliphatic carbocycles. The summed E-state index contributed by atoms with van der Waals surface area (Å²) in [4.78, 5) is 41.6. The molecule has 3 amide bonds. The molecular formula is C21H26N6O5. The van der Waals surface area contributed by atoms with Crippen LogP contribution in [-0.2, 0) is 26.1 Å². The van der Waals surface area contributed by atoms with E-state index < -0.39 is 0 Å². The fraction of sp³-hybridized carbons (Fsp3) is 0.476. The molecule has 2 fully saturated rings. The van der Waals surface area contributed by atoms with E-state index >= 15 is 0 Å². The number of aromatic nitrogens is 2. The summed E-state index contributed by atoms with van der Waals surface area (Å²) < 4.78 is 12.2. The summed E-state index contributed by atoms with van der Waals surface area (Å²) in [6.45, 7) is 3.89. The first-order chi connectivity index (χ1) is 15.5. The van der Waals surface area contributed by atoms with Crippen molar-refractivity contribution in [2.45, 2.75) is 0 Å². The molecule has 0 saturated carbocycles. The van der Waals surface area contributed by atoms with E-state index in [9.17, 15) is 14.4 Å². The van der Waals surface area contributed by atoms with E-state index in [1.165, 1.54) is 7.05 Å². The number of allylic oxidation sites excluding steroid dienone is 2. The Morgan fingerprint density at radius 3 is 2.19 bits per heavy atom. The molecule has 0 radical (unpaired) electrons. The number of hydrogen-bond donors (Lipinski definition) is 0. The van der Waals surface area contributed by atoms with Gasteiger partial charge in [0.1, 0.15) is 0 Å². The first-order valence-corrected chi connectivity index (χ1v) is 10.5. The lowest BCUT2D eigenvalue weighted by Crippen LogP contribution is -2.44. The van der Waals surface area contributed by atoms with E-state index in [4.69, 9.17) is 9.47 Å². The minimum Gasteiger partial charge on any atom is -0.378 e. The number of nitrogens with zero attached hydrogens (tertiary/aromatic N) is 6. The first-order valence-electron chi connectivity index (χ1n) is 10.5. The van der Waals surface area contributed by atoms with Crippen molar-refractivity contribution in [2.75, 3.05) is 59.7 Å². The van der Waals surface area contributed by atoms with Crippen LogP contribution in [0.25, 0.3) is 6.08 Å². The van der Waals surface area contributed by atoms with Crippen molar-refractivity contribution >= 4 is 29.5 Å². The molecule has 0 spiro atoms. The van der Waals surface area contributed by atoms with Crippen molar-refractivity contribution < 1.29 is 23.9 Å². The third-order valence-electron chi connectivity index (χ3n) is 5.43. The van der Waals surface area contributed by atoms with Crippen molar-refractivity contribution in [3.8, 4) is 0 Å². The molecule has 4 rings (SSSR count). The van der Waals surface area contributed by atoms with E-state index in [1.807, 2.05) is 0 Å². The van der Waals surface area contributed by atoms with E-state index in [-0.39, 0.29) is 29.0 Å². The molecule has 1 aromatic rings. The molecule has 1 aromatic heterocycles. The molecule has 2 saturated heterocycles. The van der Waals surface area contributed by atoms with Crippen LogP contribution in [0.15, 0.2) is 29.0 Å². The molecule has 170 valence electrons. The maximum Gasteiger partial charge on any atom is 0.276 e. The number of carbonyl (C=O) groups is 3. The number of aryl methyl sites for hydroxylation is 1. The Kier molecular flexibility index (Phi) is 6.47. The molecule has 0 atom stereocenters. The van der Waals surface area contributed by atoms with Gasteiger partial charge in [0.15, 0.2) is 11.4 Å². The highest BCUT2D eigenvalue weighted by molar-refractivity contribution is 6.52. The van der Waals surface area contributed by atoms with E-state index in [0.717, 1.165) is 5.01 Å². The van der Waals surface area contributed by atoms with Crippen molar-refractivity contribution in [1.82, 2.24) is 24.6 Å². The van der Waals surface area contributed by atoms with Crippen LogP contribution in [0.1, 0.15) is 16.1 Å². The van der Waals surface area contributed by atoms with Gasteiger partial charge >= 0.3 is 0 Å². The van der Waals surface area contributed by atoms with E-state index in [0.29, 0.717) is 63.9 Å². The SMILES string of the molecule is CN1N=C(C(=O)N2CCOCC2)/C(=C/C=C/c2cn(C)nc2C(=O)N2CCOCC2)C1=O. The molecular weight excluding hydrogens is 416 g/mol. The van der Waals surface area contributed by atoms with Gasteiger partial charge in [-0.2, -0.15) is 10.2 Å². The highest BCUT2D eigenvalue weighted by Gasteiger charge is 2.34. The third-order valence-corrected chi connectivity index (χ3v) is 5.43. The second-order valence-corrected chi connectivity index (χ2v) is 7.63. The summed E-state index contributed by atoms with van der Waals surface area (Å²) in [6.07, 6.45) is 6.63. The van der Waals surface area contributed by atoms with Gasteiger partial charge in [-0.3, -0.25) is 19.1 Å². The third kappa shape index (κ3) is 4.48. The number of hydrazone groups is 1. The number of morpholine rings is 2. The lowest BCUT2D eigenvalue weighted by molar-refractivity contribution is -0.128. The minimum atomic E-state index is -0.359. The Balaban J connectivity index is 1.54. The summed E-state index contributed by atoms with van der Waals surface area (Å²) in [5, 5.41) is 9.61. The summed E-state index contributed by atoms with van der Waals surface area (Å²) in [5.74, 6) is -0.820. The number of ether oxygens (including phenoxy) is 2. The van der Waals surface area contributed by atoms with E-state index in [2.05, 4.69) is 10.2 Å². The van der Waals surface area contributed by atoms with Crippen molar-refractivity contribution in [1.29, 1.82) is 0 Å². The minimum absolute atomic E-state index is 0.111. The van der Waals surface area contributed by atoms with Gasteiger partial charge in [0.2, 0.25) is 0 Å². The molecule has 32 heavy (non-hydrogen) atoms. The van der Waals surface area contributed by atoms with Crippen LogP contribution in [0.3, 0.4) is 0 Å². The second-order valence-electron chi connectivity index (χ2n) is 7.63. The highest BCUT2D eigenvalue weighted by Crippen LogP contribution is 2.18. The normalized spacial score (nSPS) is 21.1. The average molecular weight is 442 g/mol. The van der Waals surface area contributed by atoms with Gasteiger partial charge in [-0.25, -0.2) is 5.01 Å². The molecule has 11 nitrogen and oxygen atoms in total. The molecule has 3 aliphatic heterocycles. The van der Waals surface area contributed by atoms with Crippen LogP contribution in [0.4, 0.5) is 0 Å². The Morgan fingerprint density at radius 2 is 1.56 bits per heavy atom. The van der Waals surface area contributed by atoms with Gasteiger partial charge in [-0.1, -0.05) is 12.2 Å². The maximum atomic E-state index is 12.9. The molecule has 0 bridgehead atoms. The van der Waals surface area contributed by atoms with Gasteiger partial charge in [0.25, 0.3) is 17.7 Å². The predicted octanol–water partition coefficient (Wildman–Crippen LogP) is -0.481. The fourth-order valence-electron chi connectivity index (χ4n) is 3.71. The van der Waals surface area contributed by atoms with Crippen LogP contribution in [0.2, 0.25) is 0 Å². The standard InChI is InChI=1S/C21H26N6O5/c1-24-14-15(17(22-24)20(29)26-6-10-31-11-7-26)4-3-5-16-18(23-25(2)19(16)28)21(30)27-8-12-32-13-9-27/h3-5,14H,6-13H2,1-2H3/b4-3+,16-5-. The Labute approximate surface area is 185 Å². The zero-order chi connectivity index (χ0) is 22.7. The fourth-order valence-corrected chi connectivity index (χ4v) is 3.71. The molecule has 0 aromatic carbocycles. The van der Waals surface area contributed by atoms with Crippen LogP contribution in [-0.4, -0.2) is 108 Å². The van der Waals surface area contributed by atoms with Crippen molar-refractivity contribution in [2.24, 2.45) is 12.1 Å². The second kappa shape index (κ2) is 9.45. The molecule has 4 heterocycles. The van der Waals surface area contributed by atoms with Crippen LogP contribution in [0.5, 0.6) is 0 Å². The van der Waals surface area contributed by atoms with Crippen molar-refractivity contribution in [3.63, 3.8) is 0 Å². The van der Waals surface area contributed by atoms with Crippen LogP contribution >= 0.6 is 0 Å². The number of rotatable bonds is 4. The van der Waals surface area contributed by atoms with Gasteiger partial charge in [0.05, 0.1) is 32.0 Å². The summed E-state index contributed by atoms with van der Waals surface area (Å²) >= 11 is 0. The molecule has 0 N–H and O–H groups in total. The maximum absolute atomic E-state index is 12.9. The van der Waals surface area contributed by atoms with Gasteiger partial charge in [0, 0.05) is 52.0 Å². The highest BCUT2D eigenvalue weighted by atomic mass is 16.5. The van der Waals surface area contributed by atoms with Crippen LogP contribution in [0, 0.1) is 0 Å². The molecule has 0 unspecified atom stereocenters. The predicted molar refractivity (Wildman–Crippen MR) is 115 cm³/mol. The summed E-state index contributed by atoms with van der Waals surface area (Å²) in [5.41, 5.74) is 1.28. The lowest BCUT2D eigenvalue weighted by Gasteiger charge is -2.26. The van der Waals surface area contributed by atoms with Gasteiger partial charge in [-0.05, 0) is 6.08 Å². The summed E-state index contributed by atoms with van der Waals surface area (Å²) in [7, 11) is 3.26. The monoisotopic (exact) mass is 442 g/mol. The van der Waals surface area contributed by atoms with Gasteiger partial charge < -0.3 is 19.3 Å². The largest absolute Gasteiger partial charge is 0.378 e. The smallest absolute Gasteiger partial charge is 0.276 e. The van der Waals surface area contributed by atoms with Gasteiger partial charge in [-0.15, -0.1) is 0 Å². The Bertz CT molecular complexity index is 998. The summed E-state index contributed by atoms with van der Waals surface area (Å²) in [6, 6.07) is 0. The zero-order valence-electron chi connectivity index (χ0n) is 18.2. The number of hydrogen-bond acceptors (Lipinski definition) is 7. The molecule has 11 heteroatoms. The topological polar surface area (TPSA) is 110 Å². The number of carbonyl (C=O) groups excluding carboxylic acids is 3. The first kappa shape index (κ1) is 21.9. The zero-order valence-corrected chi connectivity index (χ0v) is 18.2. The quantitative estimate of drug-likeness (QED) is 0.583. The molecule has 3 aliphatic rings. The lowest BCUT2D eigenvalue weighted by atomic mass is 10.1. The van der Waals surface area contributed by atoms with E-state index in [1.54, 1.807) is 46.0 Å². The average Bonchev–Trinajstić information content (AvgIpc) is 3.33.